The van der Waals surface area contributed by atoms with Crippen LogP contribution in [0, 0.1) is 3.57 Å². The van der Waals surface area contributed by atoms with Crippen LogP contribution in [0.2, 0.25) is 0 Å². The van der Waals surface area contributed by atoms with Gasteiger partial charge in [-0.3, -0.25) is 0 Å². The molecule has 2 atom stereocenters. The van der Waals surface area contributed by atoms with Gasteiger partial charge >= 0.3 is 6.16 Å². The summed E-state index contributed by atoms with van der Waals surface area (Å²) in [4.78, 5) is 10.8. The average Bonchev–Trinajstić information content (AvgIpc) is 2.43. The normalized spacial score (nSPS) is 13.7. The van der Waals surface area contributed by atoms with Gasteiger partial charge in [-0.15, -0.1) is 0 Å². The van der Waals surface area contributed by atoms with Gasteiger partial charge in [0.2, 0.25) is 0 Å². The van der Waals surface area contributed by atoms with Crippen LogP contribution in [-0.2, 0) is 4.74 Å². The van der Waals surface area contributed by atoms with E-state index in [1.165, 1.54) is 22.0 Å². The van der Waals surface area contributed by atoms with Gasteiger partial charge in [0.15, 0.2) is 0 Å². The number of unbranched alkanes of at least 4 members (excludes halogenated alkanes) is 3. The van der Waals surface area contributed by atoms with Gasteiger partial charge in [0.1, 0.15) is 6.10 Å². The molecule has 1 aromatic rings. The molecule has 4 heteroatoms. The minimum atomic E-state index is -1.16. The van der Waals surface area contributed by atoms with Gasteiger partial charge in [0.25, 0.3) is 0 Å². The van der Waals surface area contributed by atoms with Crippen molar-refractivity contribution >= 4 is 28.7 Å². The first-order valence-electron chi connectivity index (χ1n) is 7.68. The summed E-state index contributed by atoms with van der Waals surface area (Å²) in [5, 5.41) is 8.88. The number of carboxylic acid groups (broad SMARTS) is 1. The van der Waals surface area contributed by atoms with E-state index in [4.69, 9.17) is 9.84 Å². The second-order valence-electron chi connectivity index (χ2n) is 5.54. The molecule has 0 fully saturated rings. The monoisotopic (exact) mass is 404 g/mol. The molecule has 21 heavy (non-hydrogen) atoms. The Hall–Kier alpha value is -0.780. The van der Waals surface area contributed by atoms with Gasteiger partial charge in [-0.25, -0.2) is 4.79 Å². The number of carbonyl (C=O) groups is 1. The first kappa shape index (κ1) is 18.3. The lowest BCUT2D eigenvalue weighted by Gasteiger charge is -2.20. The molecular formula is C17H25IO3. The van der Waals surface area contributed by atoms with Crippen molar-refractivity contribution in [2.24, 2.45) is 0 Å². The van der Waals surface area contributed by atoms with Gasteiger partial charge in [-0.1, -0.05) is 45.2 Å². The molecule has 1 rings (SSSR count). The molecule has 3 nitrogen and oxygen atoms in total. The molecule has 0 aliphatic rings. The summed E-state index contributed by atoms with van der Waals surface area (Å²) in [6.07, 6.45) is 4.77. The molecule has 0 radical (unpaired) electrons. The fraction of sp³-hybridized carbons (Fsp3) is 0.588. The van der Waals surface area contributed by atoms with Crippen LogP contribution >= 0.6 is 22.6 Å². The topological polar surface area (TPSA) is 46.5 Å². The third-order valence-electron chi connectivity index (χ3n) is 3.70. The molecule has 1 aromatic carbocycles. The molecule has 0 aromatic heterocycles. The summed E-state index contributed by atoms with van der Waals surface area (Å²) in [5.74, 6) is 0.303. The molecule has 0 bridgehead atoms. The number of hydrogen-bond donors (Lipinski definition) is 1. The van der Waals surface area contributed by atoms with Gasteiger partial charge in [-0.05, 0) is 65.5 Å². The van der Waals surface area contributed by atoms with E-state index in [1.807, 2.05) is 0 Å². The third-order valence-corrected chi connectivity index (χ3v) is 4.42. The van der Waals surface area contributed by atoms with E-state index in [-0.39, 0.29) is 6.10 Å². The maximum Gasteiger partial charge on any atom is 0.506 e. The van der Waals surface area contributed by atoms with E-state index in [1.54, 1.807) is 0 Å². The van der Waals surface area contributed by atoms with E-state index in [2.05, 4.69) is 60.7 Å². The summed E-state index contributed by atoms with van der Waals surface area (Å²) >= 11 is 2.29. The smallest absolute Gasteiger partial charge is 0.450 e. The van der Waals surface area contributed by atoms with E-state index in [9.17, 15) is 4.79 Å². The number of hydrogen-bond acceptors (Lipinski definition) is 2. The quantitative estimate of drug-likeness (QED) is 0.321. The van der Waals surface area contributed by atoms with E-state index in [0.717, 1.165) is 25.7 Å². The second kappa shape index (κ2) is 10.0. The molecule has 1 N–H and O–H groups in total. The number of ether oxygens (including phenoxy) is 1. The van der Waals surface area contributed by atoms with E-state index in [0.29, 0.717) is 5.92 Å². The zero-order valence-electron chi connectivity index (χ0n) is 12.8. The van der Waals surface area contributed by atoms with Crippen molar-refractivity contribution in [3.63, 3.8) is 0 Å². The molecule has 0 aliphatic carbocycles. The van der Waals surface area contributed by atoms with Crippen LogP contribution < -0.4 is 0 Å². The van der Waals surface area contributed by atoms with Gasteiger partial charge in [0.05, 0.1) is 0 Å². The Balaban J connectivity index is 2.53. The standard InChI is InChI=1S/C17H25IO3/c1-3-4-5-6-7-16(21-17(19)20)12-13(2)14-8-10-15(18)11-9-14/h8-11,13,16H,3-7,12H2,1-2H3,(H,19,20). The molecule has 0 spiro atoms. The van der Waals surface area contributed by atoms with Crippen LogP contribution in [0.5, 0.6) is 0 Å². The minimum absolute atomic E-state index is 0.200. The molecule has 0 aliphatic heterocycles. The largest absolute Gasteiger partial charge is 0.506 e. The van der Waals surface area contributed by atoms with Crippen LogP contribution in [-0.4, -0.2) is 17.4 Å². The highest BCUT2D eigenvalue weighted by Crippen LogP contribution is 2.25. The molecule has 118 valence electrons. The number of rotatable bonds is 9. The van der Waals surface area contributed by atoms with Crippen LogP contribution in [0.4, 0.5) is 4.79 Å². The first-order chi connectivity index (χ1) is 10.0. The Labute approximate surface area is 141 Å². The Morgan fingerprint density at radius 2 is 1.90 bits per heavy atom. The highest BCUT2D eigenvalue weighted by molar-refractivity contribution is 14.1. The molecule has 0 amide bonds. The van der Waals surface area contributed by atoms with E-state index >= 15 is 0 Å². The SMILES string of the molecule is CCCCCCC(CC(C)c1ccc(I)cc1)OC(=O)O. The summed E-state index contributed by atoms with van der Waals surface area (Å²) in [6.45, 7) is 4.30. The Kier molecular flexibility index (Phi) is 8.73. The Morgan fingerprint density at radius 1 is 1.24 bits per heavy atom. The zero-order valence-corrected chi connectivity index (χ0v) is 15.0. The summed E-state index contributed by atoms with van der Waals surface area (Å²) < 4.78 is 6.27. The Bertz CT molecular complexity index is 417. The maximum atomic E-state index is 10.8. The Morgan fingerprint density at radius 3 is 2.48 bits per heavy atom. The summed E-state index contributed by atoms with van der Waals surface area (Å²) in [5.41, 5.74) is 1.24. The third kappa shape index (κ3) is 7.69. The van der Waals surface area contributed by atoms with Crippen molar-refractivity contribution in [3.8, 4) is 0 Å². The molecule has 0 saturated heterocycles. The van der Waals surface area contributed by atoms with Crippen LogP contribution in [0.15, 0.2) is 24.3 Å². The van der Waals surface area contributed by atoms with Crippen molar-refractivity contribution in [1.29, 1.82) is 0 Å². The van der Waals surface area contributed by atoms with Crippen molar-refractivity contribution < 1.29 is 14.6 Å². The predicted molar refractivity (Wildman–Crippen MR) is 93.8 cm³/mol. The van der Waals surface area contributed by atoms with Crippen molar-refractivity contribution in [2.75, 3.05) is 0 Å². The van der Waals surface area contributed by atoms with Gasteiger partial charge < -0.3 is 9.84 Å². The number of halogens is 1. The highest BCUT2D eigenvalue weighted by atomic mass is 127. The predicted octanol–water partition coefficient (Wildman–Crippen LogP) is 5.82. The molecule has 2 unspecified atom stereocenters. The van der Waals surface area contributed by atoms with Crippen LogP contribution in [0.25, 0.3) is 0 Å². The fourth-order valence-electron chi connectivity index (χ4n) is 2.49. The van der Waals surface area contributed by atoms with E-state index < -0.39 is 6.16 Å². The van der Waals surface area contributed by atoms with Gasteiger partial charge in [0, 0.05) is 3.57 Å². The molecule has 0 heterocycles. The van der Waals surface area contributed by atoms with Gasteiger partial charge in [-0.2, -0.15) is 0 Å². The zero-order chi connectivity index (χ0) is 15.7. The van der Waals surface area contributed by atoms with Crippen LogP contribution in [0.3, 0.4) is 0 Å². The number of benzene rings is 1. The van der Waals surface area contributed by atoms with Crippen molar-refractivity contribution in [1.82, 2.24) is 0 Å². The second-order valence-corrected chi connectivity index (χ2v) is 6.79. The van der Waals surface area contributed by atoms with Crippen LogP contribution in [0.1, 0.15) is 63.9 Å². The molecule has 0 saturated carbocycles. The van der Waals surface area contributed by atoms with Crippen molar-refractivity contribution in [3.05, 3.63) is 33.4 Å². The summed E-state index contributed by atoms with van der Waals surface area (Å²) in [6, 6.07) is 8.39. The van der Waals surface area contributed by atoms with Crippen molar-refractivity contribution in [2.45, 2.75) is 64.4 Å². The highest BCUT2D eigenvalue weighted by Gasteiger charge is 2.18. The molecular weight excluding hydrogens is 379 g/mol. The summed E-state index contributed by atoms with van der Waals surface area (Å²) in [7, 11) is 0. The average molecular weight is 404 g/mol. The first-order valence-corrected chi connectivity index (χ1v) is 8.75. The lowest BCUT2D eigenvalue weighted by molar-refractivity contribution is 0.0410. The minimum Gasteiger partial charge on any atom is -0.450 e. The lowest BCUT2D eigenvalue weighted by atomic mass is 9.93. The fourth-order valence-corrected chi connectivity index (χ4v) is 2.85. The lowest BCUT2D eigenvalue weighted by Crippen LogP contribution is -2.19. The maximum absolute atomic E-state index is 10.8.